The number of methoxy groups -OCH3 is 3. The third-order valence-electron chi connectivity index (χ3n) is 3.55. The van der Waals surface area contributed by atoms with Crippen molar-refractivity contribution in [2.24, 2.45) is 0 Å². The lowest BCUT2D eigenvalue weighted by Crippen LogP contribution is -2.03. The quantitative estimate of drug-likeness (QED) is 0.703. The van der Waals surface area contributed by atoms with Crippen LogP contribution < -0.4 is 14.2 Å². The first-order valence-electron chi connectivity index (χ1n) is 6.96. The first kappa shape index (κ1) is 15.5. The summed E-state index contributed by atoms with van der Waals surface area (Å²) >= 11 is 4.66. The molecule has 2 heterocycles. The molecule has 0 saturated heterocycles. The lowest BCUT2D eigenvalue weighted by molar-refractivity contribution is 0.349. The van der Waals surface area contributed by atoms with Gasteiger partial charge in [-0.05, 0) is 12.1 Å². The molecule has 0 aliphatic rings. The standard InChI is InChI=1S/C16H17N3O3S/c1-20-9-4-5-10-11(8-9)19-16(18-10)15(23)13-14(22-3)12(21-2)6-7-17-13/h4-8,15,23H,1-3H3,(H,18,19). The van der Waals surface area contributed by atoms with Crippen LogP contribution in [0.15, 0.2) is 30.5 Å². The minimum atomic E-state index is -0.376. The normalized spacial score (nSPS) is 12.2. The van der Waals surface area contributed by atoms with Crippen LogP contribution in [-0.2, 0) is 0 Å². The van der Waals surface area contributed by atoms with Crippen molar-refractivity contribution < 1.29 is 14.2 Å². The van der Waals surface area contributed by atoms with Crippen molar-refractivity contribution in [3.63, 3.8) is 0 Å². The molecular weight excluding hydrogens is 314 g/mol. The smallest absolute Gasteiger partial charge is 0.183 e. The zero-order chi connectivity index (χ0) is 16.4. The van der Waals surface area contributed by atoms with Crippen LogP contribution in [0.4, 0.5) is 0 Å². The molecule has 0 amide bonds. The van der Waals surface area contributed by atoms with Gasteiger partial charge in [-0.1, -0.05) is 0 Å². The maximum Gasteiger partial charge on any atom is 0.183 e. The molecule has 0 fully saturated rings. The highest BCUT2D eigenvalue weighted by Crippen LogP contribution is 2.38. The Morgan fingerprint density at radius 2 is 1.91 bits per heavy atom. The van der Waals surface area contributed by atoms with Crippen molar-refractivity contribution in [2.75, 3.05) is 21.3 Å². The Balaban J connectivity index is 2.05. The zero-order valence-corrected chi connectivity index (χ0v) is 13.9. The number of H-pyrrole nitrogens is 1. The fraction of sp³-hybridized carbons (Fsp3) is 0.250. The molecule has 1 N–H and O–H groups in total. The Hall–Kier alpha value is -2.41. The second-order valence-electron chi connectivity index (χ2n) is 4.84. The molecule has 3 rings (SSSR count). The van der Waals surface area contributed by atoms with Gasteiger partial charge in [0.05, 0.1) is 32.4 Å². The second kappa shape index (κ2) is 6.37. The van der Waals surface area contributed by atoms with Gasteiger partial charge in [0, 0.05) is 18.3 Å². The summed E-state index contributed by atoms with van der Waals surface area (Å²) in [5.74, 6) is 2.60. The van der Waals surface area contributed by atoms with Crippen molar-refractivity contribution >= 4 is 23.7 Å². The van der Waals surface area contributed by atoms with Crippen LogP contribution in [0.5, 0.6) is 17.2 Å². The Labute approximate surface area is 139 Å². The summed E-state index contributed by atoms with van der Waals surface area (Å²) in [5, 5.41) is -0.376. The number of fused-ring (bicyclic) bond motifs is 1. The van der Waals surface area contributed by atoms with Crippen molar-refractivity contribution in [2.45, 2.75) is 5.25 Å². The first-order chi connectivity index (χ1) is 11.2. The summed E-state index contributed by atoms with van der Waals surface area (Å²) < 4.78 is 16.0. The van der Waals surface area contributed by atoms with Gasteiger partial charge in [0.2, 0.25) is 0 Å². The highest BCUT2D eigenvalue weighted by atomic mass is 32.1. The minimum absolute atomic E-state index is 0.376. The lowest BCUT2D eigenvalue weighted by Gasteiger charge is -2.14. The predicted octanol–water partition coefficient (Wildman–Crippen LogP) is 3.00. The van der Waals surface area contributed by atoms with Gasteiger partial charge in [0.1, 0.15) is 22.5 Å². The molecule has 0 aliphatic carbocycles. The number of rotatable bonds is 5. The highest BCUT2D eigenvalue weighted by molar-refractivity contribution is 7.80. The van der Waals surface area contributed by atoms with E-state index in [0.29, 0.717) is 23.0 Å². The number of aromatic amines is 1. The average Bonchev–Trinajstić information content (AvgIpc) is 3.03. The van der Waals surface area contributed by atoms with Crippen LogP contribution >= 0.6 is 12.6 Å². The van der Waals surface area contributed by atoms with Crippen molar-refractivity contribution in [1.29, 1.82) is 0 Å². The third-order valence-corrected chi connectivity index (χ3v) is 4.03. The van der Waals surface area contributed by atoms with E-state index in [-0.39, 0.29) is 5.25 Å². The molecule has 6 nitrogen and oxygen atoms in total. The largest absolute Gasteiger partial charge is 0.497 e. The summed E-state index contributed by atoms with van der Waals surface area (Å²) in [5.41, 5.74) is 2.35. The van der Waals surface area contributed by atoms with Crippen molar-refractivity contribution in [3.8, 4) is 17.2 Å². The Kier molecular flexibility index (Phi) is 4.29. The maximum absolute atomic E-state index is 5.42. The van der Waals surface area contributed by atoms with Gasteiger partial charge in [-0.3, -0.25) is 4.98 Å². The fourth-order valence-corrected chi connectivity index (χ4v) is 2.71. The van der Waals surface area contributed by atoms with Gasteiger partial charge in [-0.25, -0.2) is 4.98 Å². The molecule has 3 aromatic rings. The molecule has 23 heavy (non-hydrogen) atoms. The summed E-state index contributed by atoms with van der Waals surface area (Å²) in [6, 6.07) is 7.39. The van der Waals surface area contributed by atoms with E-state index < -0.39 is 0 Å². The van der Waals surface area contributed by atoms with E-state index in [9.17, 15) is 0 Å². The number of benzene rings is 1. The monoisotopic (exact) mass is 331 g/mol. The molecular formula is C16H17N3O3S. The summed E-state index contributed by atoms with van der Waals surface area (Å²) in [7, 11) is 4.79. The lowest BCUT2D eigenvalue weighted by atomic mass is 10.2. The molecule has 0 aliphatic heterocycles. The van der Waals surface area contributed by atoms with E-state index in [2.05, 4.69) is 27.6 Å². The molecule has 0 saturated carbocycles. The van der Waals surface area contributed by atoms with E-state index >= 15 is 0 Å². The predicted molar refractivity (Wildman–Crippen MR) is 90.8 cm³/mol. The van der Waals surface area contributed by atoms with Crippen LogP contribution in [0.1, 0.15) is 16.8 Å². The van der Waals surface area contributed by atoms with Crippen molar-refractivity contribution in [3.05, 3.63) is 42.0 Å². The van der Waals surface area contributed by atoms with Crippen molar-refractivity contribution in [1.82, 2.24) is 15.0 Å². The van der Waals surface area contributed by atoms with Crippen LogP contribution in [0.3, 0.4) is 0 Å². The number of thiol groups is 1. The number of ether oxygens (including phenoxy) is 3. The SMILES string of the molecule is COc1ccc2nc(C(S)c3nccc(OC)c3OC)[nH]c2c1. The fourth-order valence-electron chi connectivity index (χ4n) is 2.40. The molecule has 1 atom stereocenters. The van der Waals surface area contributed by atoms with Gasteiger partial charge in [-0.15, -0.1) is 0 Å². The average molecular weight is 331 g/mol. The van der Waals surface area contributed by atoms with Gasteiger partial charge >= 0.3 is 0 Å². The Bertz CT molecular complexity index is 835. The first-order valence-corrected chi connectivity index (χ1v) is 7.48. The van der Waals surface area contributed by atoms with Crippen LogP contribution in [0.25, 0.3) is 11.0 Å². The van der Waals surface area contributed by atoms with E-state index in [4.69, 9.17) is 14.2 Å². The van der Waals surface area contributed by atoms with E-state index in [1.54, 1.807) is 33.6 Å². The number of imidazole rings is 1. The molecule has 1 aromatic carbocycles. The van der Waals surface area contributed by atoms with Gasteiger partial charge in [-0.2, -0.15) is 12.6 Å². The molecule has 120 valence electrons. The third kappa shape index (κ3) is 2.79. The second-order valence-corrected chi connectivity index (χ2v) is 5.36. The Morgan fingerprint density at radius 3 is 2.61 bits per heavy atom. The Morgan fingerprint density at radius 1 is 1.09 bits per heavy atom. The summed E-state index contributed by atoms with van der Waals surface area (Å²) in [6.07, 6.45) is 1.66. The van der Waals surface area contributed by atoms with Crippen LogP contribution in [-0.4, -0.2) is 36.3 Å². The molecule has 0 radical (unpaired) electrons. The van der Waals surface area contributed by atoms with Gasteiger partial charge in [0.15, 0.2) is 11.5 Å². The summed E-state index contributed by atoms with van der Waals surface area (Å²) in [6.45, 7) is 0. The number of hydrogen-bond acceptors (Lipinski definition) is 6. The molecule has 2 aromatic heterocycles. The topological polar surface area (TPSA) is 69.3 Å². The molecule has 0 spiro atoms. The number of hydrogen-bond donors (Lipinski definition) is 2. The van der Waals surface area contributed by atoms with Crippen LogP contribution in [0.2, 0.25) is 0 Å². The summed E-state index contributed by atoms with van der Waals surface area (Å²) in [4.78, 5) is 12.2. The van der Waals surface area contributed by atoms with Gasteiger partial charge < -0.3 is 19.2 Å². The minimum Gasteiger partial charge on any atom is -0.497 e. The van der Waals surface area contributed by atoms with E-state index in [1.165, 1.54) is 0 Å². The zero-order valence-electron chi connectivity index (χ0n) is 13.0. The number of nitrogens with one attached hydrogen (secondary N) is 1. The highest BCUT2D eigenvalue weighted by Gasteiger charge is 2.22. The number of pyridine rings is 1. The number of nitrogens with zero attached hydrogens (tertiary/aromatic N) is 2. The van der Waals surface area contributed by atoms with E-state index in [0.717, 1.165) is 16.8 Å². The van der Waals surface area contributed by atoms with E-state index in [1.807, 2.05) is 18.2 Å². The maximum atomic E-state index is 5.42. The molecule has 1 unspecified atom stereocenters. The number of aromatic nitrogens is 3. The van der Waals surface area contributed by atoms with Gasteiger partial charge in [0.25, 0.3) is 0 Å². The molecule has 7 heteroatoms. The van der Waals surface area contributed by atoms with Crippen LogP contribution in [0, 0.1) is 0 Å². The molecule has 0 bridgehead atoms.